The molecule has 2 heterocycles. The van der Waals surface area contributed by atoms with Gasteiger partial charge in [-0.05, 0) is 42.5 Å². The lowest BCUT2D eigenvalue weighted by Gasteiger charge is -2.36. The summed E-state index contributed by atoms with van der Waals surface area (Å²) in [5, 5.41) is 2.71. The molecule has 1 amide bonds. The zero-order valence-corrected chi connectivity index (χ0v) is 15.7. The zero-order valence-electron chi connectivity index (χ0n) is 15.7. The molecule has 5 nitrogen and oxygen atoms in total. The minimum absolute atomic E-state index is 0.211. The Hall–Kier alpha value is -3.48. The van der Waals surface area contributed by atoms with Gasteiger partial charge in [0.1, 0.15) is 17.5 Å². The van der Waals surface area contributed by atoms with Crippen LogP contribution in [-0.4, -0.2) is 37.1 Å². The number of piperazine rings is 1. The van der Waals surface area contributed by atoms with Crippen LogP contribution in [0.5, 0.6) is 0 Å². The summed E-state index contributed by atoms with van der Waals surface area (Å²) < 4.78 is 27.2. The lowest BCUT2D eigenvalue weighted by atomic mass is 10.2. The normalized spacial score (nSPS) is 14.0. The van der Waals surface area contributed by atoms with Crippen LogP contribution in [0.3, 0.4) is 0 Å². The Balaban J connectivity index is 1.36. The van der Waals surface area contributed by atoms with Crippen LogP contribution in [0, 0.1) is 11.6 Å². The molecule has 1 aliphatic rings. The molecule has 0 radical (unpaired) electrons. The van der Waals surface area contributed by atoms with Gasteiger partial charge in [0.15, 0.2) is 0 Å². The van der Waals surface area contributed by atoms with E-state index >= 15 is 0 Å². The first kappa shape index (κ1) is 18.9. The molecule has 0 spiro atoms. The van der Waals surface area contributed by atoms with E-state index in [-0.39, 0.29) is 11.4 Å². The van der Waals surface area contributed by atoms with Crippen LogP contribution in [0.25, 0.3) is 0 Å². The third-order valence-electron chi connectivity index (χ3n) is 4.89. The molecule has 0 bridgehead atoms. The molecule has 0 atom stereocenters. The number of nitrogens with one attached hydrogen (secondary N) is 1. The topological polar surface area (TPSA) is 48.5 Å². The first-order valence-corrected chi connectivity index (χ1v) is 9.37. The van der Waals surface area contributed by atoms with Crippen LogP contribution in [0.2, 0.25) is 0 Å². The van der Waals surface area contributed by atoms with Crippen LogP contribution in [0.1, 0.15) is 10.4 Å². The minimum Gasteiger partial charge on any atom is -0.366 e. The van der Waals surface area contributed by atoms with Gasteiger partial charge in [0.05, 0.1) is 17.6 Å². The second-order valence-electron chi connectivity index (χ2n) is 6.80. The summed E-state index contributed by atoms with van der Waals surface area (Å²) in [4.78, 5) is 20.8. The molecule has 0 aliphatic carbocycles. The molecule has 7 heteroatoms. The van der Waals surface area contributed by atoms with Gasteiger partial charge >= 0.3 is 0 Å². The average Bonchev–Trinajstić information content (AvgIpc) is 2.75. The van der Waals surface area contributed by atoms with Crippen molar-refractivity contribution in [3.8, 4) is 0 Å². The molecule has 3 aromatic rings. The van der Waals surface area contributed by atoms with E-state index in [9.17, 15) is 13.6 Å². The fraction of sp³-hybridized carbons (Fsp3) is 0.182. The molecule has 29 heavy (non-hydrogen) atoms. The number of anilines is 3. The minimum atomic E-state index is -0.458. The number of amides is 1. The predicted molar refractivity (Wildman–Crippen MR) is 109 cm³/mol. The molecule has 0 saturated carbocycles. The Morgan fingerprint density at radius 3 is 2.34 bits per heavy atom. The van der Waals surface area contributed by atoms with Crippen molar-refractivity contribution in [3.05, 3.63) is 84.1 Å². The molecule has 1 N–H and O–H groups in total. The maximum atomic E-state index is 14.0. The van der Waals surface area contributed by atoms with Gasteiger partial charge in [0.2, 0.25) is 0 Å². The number of rotatable bonds is 4. The summed E-state index contributed by atoms with van der Waals surface area (Å²) in [6.45, 7) is 2.83. The second kappa shape index (κ2) is 8.26. The maximum absolute atomic E-state index is 14.0. The first-order valence-electron chi connectivity index (χ1n) is 9.37. The third-order valence-corrected chi connectivity index (χ3v) is 4.89. The fourth-order valence-electron chi connectivity index (χ4n) is 3.36. The Morgan fingerprint density at radius 1 is 0.897 bits per heavy atom. The Morgan fingerprint density at radius 2 is 1.66 bits per heavy atom. The van der Waals surface area contributed by atoms with Crippen LogP contribution in [-0.2, 0) is 0 Å². The van der Waals surface area contributed by atoms with Gasteiger partial charge in [-0.3, -0.25) is 4.79 Å². The lowest BCUT2D eigenvalue weighted by molar-refractivity contribution is 0.102. The molecule has 1 fully saturated rings. The number of pyridine rings is 1. The molecule has 0 unspecified atom stereocenters. The quantitative estimate of drug-likeness (QED) is 0.728. The summed E-state index contributed by atoms with van der Waals surface area (Å²) in [6.07, 6.45) is 1.58. The SMILES string of the molecule is O=C(Nc1ccc(N2CCN(c3ccccc3F)CC2)nc1)c1cccc(F)c1. The molecular formula is C22H20F2N4O. The van der Waals surface area contributed by atoms with E-state index in [2.05, 4.69) is 15.2 Å². The monoisotopic (exact) mass is 394 g/mol. The molecule has 4 rings (SSSR count). The van der Waals surface area contributed by atoms with Crippen molar-refractivity contribution in [2.75, 3.05) is 41.3 Å². The Kier molecular flexibility index (Phi) is 5.37. The molecule has 2 aromatic carbocycles. The van der Waals surface area contributed by atoms with E-state index in [4.69, 9.17) is 0 Å². The van der Waals surface area contributed by atoms with Crippen molar-refractivity contribution in [2.24, 2.45) is 0 Å². The number of benzene rings is 2. The van der Waals surface area contributed by atoms with Crippen molar-refractivity contribution >= 4 is 23.1 Å². The van der Waals surface area contributed by atoms with Crippen molar-refractivity contribution in [3.63, 3.8) is 0 Å². The largest absolute Gasteiger partial charge is 0.366 e. The number of halogens is 2. The smallest absolute Gasteiger partial charge is 0.255 e. The molecule has 1 aliphatic heterocycles. The number of aromatic nitrogens is 1. The summed E-state index contributed by atoms with van der Waals surface area (Å²) in [6, 6.07) is 15.9. The van der Waals surface area contributed by atoms with E-state index in [1.165, 1.54) is 24.3 Å². The second-order valence-corrected chi connectivity index (χ2v) is 6.80. The van der Waals surface area contributed by atoms with Gasteiger partial charge in [0.25, 0.3) is 5.91 Å². The first-order chi connectivity index (χ1) is 14.1. The molecule has 148 valence electrons. The molecular weight excluding hydrogens is 374 g/mol. The Bertz CT molecular complexity index is 1000. The van der Waals surface area contributed by atoms with Gasteiger partial charge in [0, 0.05) is 31.7 Å². The number of nitrogens with zero attached hydrogens (tertiary/aromatic N) is 3. The van der Waals surface area contributed by atoms with E-state index < -0.39 is 11.7 Å². The predicted octanol–water partition coefficient (Wildman–Crippen LogP) is 3.94. The van der Waals surface area contributed by atoms with Crippen LogP contribution >= 0.6 is 0 Å². The molecule has 1 saturated heterocycles. The van der Waals surface area contributed by atoms with Gasteiger partial charge in [-0.15, -0.1) is 0 Å². The van der Waals surface area contributed by atoms with E-state index in [1.807, 2.05) is 17.0 Å². The number of para-hydroxylation sites is 1. The third kappa shape index (κ3) is 4.34. The number of hydrogen-bond donors (Lipinski definition) is 1. The number of hydrogen-bond acceptors (Lipinski definition) is 4. The van der Waals surface area contributed by atoms with Crippen molar-refractivity contribution in [1.82, 2.24) is 4.98 Å². The highest BCUT2D eigenvalue weighted by Crippen LogP contribution is 2.22. The maximum Gasteiger partial charge on any atom is 0.255 e. The van der Waals surface area contributed by atoms with Gasteiger partial charge < -0.3 is 15.1 Å². The van der Waals surface area contributed by atoms with Crippen molar-refractivity contribution in [1.29, 1.82) is 0 Å². The summed E-state index contributed by atoms with van der Waals surface area (Å²) in [7, 11) is 0. The standard InChI is InChI=1S/C22H20F2N4O/c23-17-5-3-4-16(14-17)22(29)26-18-8-9-21(25-15-18)28-12-10-27(11-13-28)20-7-2-1-6-19(20)24/h1-9,14-15H,10-13H2,(H,26,29). The summed E-state index contributed by atoms with van der Waals surface area (Å²) >= 11 is 0. The number of carbonyl (C=O) groups is 1. The van der Waals surface area contributed by atoms with E-state index in [1.54, 1.807) is 30.5 Å². The summed E-state index contributed by atoms with van der Waals surface area (Å²) in [5.74, 6) is -0.266. The molecule has 1 aromatic heterocycles. The van der Waals surface area contributed by atoms with Crippen LogP contribution < -0.4 is 15.1 Å². The van der Waals surface area contributed by atoms with Crippen LogP contribution in [0.15, 0.2) is 66.9 Å². The van der Waals surface area contributed by atoms with Gasteiger partial charge in [-0.2, -0.15) is 0 Å². The summed E-state index contributed by atoms with van der Waals surface area (Å²) in [5.41, 5.74) is 1.40. The van der Waals surface area contributed by atoms with Crippen molar-refractivity contribution in [2.45, 2.75) is 0 Å². The highest BCUT2D eigenvalue weighted by atomic mass is 19.1. The average molecular weight is 394 g/mol. The van der Waals surface area contributed by atoms with E-state index in [0.29, 0.717) is 24.5 Å². The zero-order chi connectivity index (χ0) is 20.2. The lowest BCUT2D eigenvalue weighted by Crippen LogP contribution is -2.47. The number of carbonyl (C=O) groups excluding carboxylic acids is 1. The fourth-order valence-corrected chi connectivity index (χ4v) is 3.36. The highest BCUT2D eigenvalue weighted by molar-refractivity contribution is 6.04. The van der Waals surface area contributed by atoms with E-state index in [0.717, 1.165) is 18.9 Å². The van der Waals surface area contributed by atoms with Gasteiger partial charge in [-0.1, -0.05) is 18.2 Å². The Labute approximate surface area is 167 Å². The van der Waals surface area contributed by atoms with Crippen molar-refractivity contribution < 1.29 is 13.6 Å². The highest BCUT2D eigenvalue weighted by Gasteiger charge is 2.20. The van der Waals surface area contributed by atoms with Gasteiger partial charge in [-0.25, -0.2) is 13.8 Å². The van der Waals surface area contributed by atoms with Crippen LogP contribution in [0.4, 0.5) is 26.0 Å².